The topological polar surface area (TPSA) is 76.1 Å². The first-order valence-corrected chi connectivity index (χ1v) is 10.8. The summed E-state index contributed by atoms with van der Waals surface area (Å²) in [5, 5.41) is 12.2. The van der Waals surface area contributed by atoms with Crippen LogP contribution >= 0.6 is 0 Å². The Hall–Kier alpha value is -1.92. The number of aliphatic hydroxyl groups is 1. The van der Waals surface area contributed by atoms with Crippen molar-refractivity contribution in [1.29, 1.82) is 0 Å². The molecule has 3 fully saturated rings. The van der Waals surface area contributed by atoms with Crippen molar-refractivity contribution in [3.63, 3.8) is 0 Å². The fraction of sp³-hybridized carbons (Fsp3) is 0.652. The van der Waals surface area contributed by atoms with Gasteiger partial charge in [-0.15, -0.1) is 0 Å². The number of piperidine rings is 1. The van der Waals surface area contributed by atoms with Gasteiger partial charge >= 0.3 is 5.97 Å². The Kier molecular flexibility index (Phi) is 4.13. The van der Waals surface area contributed by atoms with Gasteiger partial charge in [0.15, 0.2) is 23.4 Å². The third-order valence-corrected chi connectivity index (χ3v) is 7.75. The van der Waals surface area contributed by atoms with E-state index >= 15 is 0 Å². The van der Waals surface area contributed by atoms with Crippen LogP contribution < -0.4 is 9.47 Å². The van der Waals surface area contributed by atoms with Crippen molar-refractivity contribution in [2.24, 2.45) is 5.92 Å². The number of rotatable bonds is 3. The van der Waals surface area contributed by atoms with E-state index < -0.39 is 23.1 Å². The minimum Gasteiger partial charge on any atom is -0.477 e. The number of fused-ring (bicyclic) bond motifs is 1. The molecule has 29 heavy (non-hydrogen) atoms. The number of benzene rings is 1. The minimum atomic E-state index is -1.07. The lowest BCUT2D eigenvalue weighted by Gasteiger charge is -2.59. The van der Waals surface area contributed by atoms with Gasteiger partial charge in [-0.2, -0.15) is 0 Å². The third-order valence-electron chi connectivity index (χ3n) is 7.75. The Morgan fingerprint density at radius 1 is 1.34 bits per heavy atom. The normalized spacial score (nSPS) is 36.1. The van der Waals surface area contributed by atoms with Crippen LogP contribution in [0, 0.1) is 12.8 Å². The van der Waals surface area contributed by atoms with Crippen molar-refractivity contribution in [3.05, 3.63) is 23.3 Å². The number of carbonyl (C=O) groups excluding carboxylic acids is 2. The summed E-state index contributed by atoms with van der Waals surface area (Å²) < 4.78 is 11.6. The summed E-state index contributed by atoms with van der Waals surface area (Å²) in [5.41, 5.74) is -0.0369. The summed E-state index contributed by atoms with van der Waals surface area (Å²) in [7, 11) is 0. The molecule has 5 rings (SSSR count). The Labute approximate surface area is 171 Å². The van der Waals surface area contributed by atoms with Crippen LogP contribution in [0.25, 0.3) is 0 Å². The zero-order valence-electron chi connectivity index (χ0n) is 17.4. The lowest BCUT2D eigenvalue weighted by atomic mass is 9.52. The van der Waals surface area contributed by atoms with Crippen LogP contribution in [0.5, 0.6) is 11.5 Å². The van der Waals surface area contributed by atoms with Crippen molar-refractivity contribution in [2.75, 3.05) is 13.1 Å². The van der Waals surface area contributed by atoms with E-state index in [1.54, 1.807) is 6.07 Å². The van der Waals surface area contributed by atoms with Gasteiger partial charge < -0.3 is 14.6 Å². The Bertz CT molecular complexity index is 893. The largest absolute Gasteiger partial charge is 0.477 e. The predicted octanol–water partition coefficient (Wildman–Crippen LogP) is 2.52. The van der Waals surface area contributed by atoms with Gasteiger partial charge in [0.25, 0.3) is 0 Å². The van der Waals surface area contributed by atoms with E-state index in [4.69, 9.17) is 9.47 Å². The van der Waals surface area contributed by atoms with Gasteiger partial charge in [-0.3, -0.25) is 14.5 Å². The van der Waals surface area contributed by atoms with Gasteiger partial charge in [0.1, 0.15) is 0 Å². The van der Waals surface area contributed by atoms with E-state index in [-0.39, 0.29) is 11.8 Å². The molecule has 2 aliphatic heterocycles. The number of hydrogen-bond donors (Lipinski definition) is 1. The van der Waals surface area contributed by atoms with Crippen LogP contribution in [-0.2, 0) is 15.0 Å². The van der Waals surface area contributed by atoms with Gasteiger partial charge in [0, 0.05) is 31.5 Å². The number of hydrogen-bond acceptors (Lipinski definition) is 6. The highest BCUT2D eigenvalue weighted by Crippen LogP contribution is 2.62. The quantitative estimate of drug-likeness (QED) is 0.622. The van der Waals surface area contributed by atoms with E-state index in [0.717, 1.165) is 30.1 Å². The summed E-state index contributed by atoms with van der Waals surface area (Å²) in [4.78, 5) is 27.0. The summed E-state index contributed by atoms with van der Waals surface area (Å²) in [6.07, 6.45) is 3.21. The van der Waals surface area contributed by atoms with Gasteiger partial charge in [0.05, 0.1) is 11.0 Å². The molecule has 2 aliphatic carbocycles. The number of nitrogens with zero attached hydrogens (tertiary/aromatic N) is 1. The molecule has 4 aliphatic rings. The van der Waals surface area contributed by atoms with Crippen molar-refractivity contribution >= 4 is 11.8 Å². The van der Waals surface area contributed by atoms with Crippen LogP contribution in [0.3, 0.4) is 0 Å². The molecule has 6 heteroatoms. The molecule has 4 atom stereocenters. The maximum atomic E-state index is 13.0. The number of ether oxygens (including phenoxy) is 2. The number of aryl methyl sites for hydroxylation is 1. The standard InChI is InChI=1S/C23H29NO5/c1-13-4-7-18(28-15(3)25)20-19(13)22-10-11-24(12-16-5-6-16)14(2)23(22,27)9-8-17(26)21(22)29-20/h4,7,14,16,21,27H,5-6,8-12H2,1-3H3/t14-,21+,22+,23-/m1/s1. The van der Waals surface area contributed by atoms with Crippen molar-refractivity contribution in [3.8, 4) is 11.5 Å². The monoisotopic (exact) mass is 399 g/mol. The maximum Gasteiger partial charge on any atom is 0.308 e. The first kappa shape index (κ1) is 19.1. The van der Waals surface area contributed by atoms with Crippen molar-refractivity contribution < 1.29 is 24.2 Å². The fourth-order valence-electron chi connectivity index (χ4n) is 6.12. The van der Waals surface area contributed by atoms with E-state index in [0.29, 0.717) is 30.8 Å². The highest BCUT2D eigenvalue weighted by atomic mass is 16.6. The molecule has 1 N–H and O–H groups in total. The Balaban J connectivity index is 1.65. The predicted molar refractivity (Wildman–Crippen MR) is 106 cm³/mol. The lowest BCUT2D eigenvalue weighted by Crippen LogP contribution is -2.74. The van der Waals surface area contributed by atoms with Crippen LogP contribution in [-0.4, -0.2) is 52.6 Å². The summed E-state index contributed by atoms with van der Waals surface area (Å²) in [6, 6.07) is 3.55. The molecule has 2 heterocycles. The van der Waals surface area contributed by atoms with E-state index in [2.05, 4.69) is 11.8 Å². The summed E-state index contributed by atoms with van der Waals surface area (Å²) in [6.45, 7) is 7.27. The smallest absolute Gasteiger partial charge is 0.308 e. The van der Waals surface area contributed by atoms with E-state index in [9.17, 15) is 14.7 Å². The molecule has 1 saturated heterocycles. The highest BCUT2D eigenvalue weighted by Gasteiger charge is 2.70. The number of likely N-dealkylation sites (tertiary alicyclic amines) is 1. The number of carbonyl (C=O) groups is 2. The first-order valence-electron chi connectivity index (χ1n) is 10.8. The first-order chi connectivity index (χ1) is 13.8. The molecule has 1 spiro atoms. The molecular weight excluding hydrogens is 370 g/mol. The van der Waals surface area contributed by atoms with Crippen LogP contribution in [0.1, 0.15) is 57.1 Å². The van der Waals surface area contributed by atoms with Gasteiger partial charge in [-0.25, -0.2) is 0 Å². The fourth-order valence-corrected chi connectivity index (χ4v) is 6.12. The SMILES string of the molecule is CC(=O)Oc1ccc(C)c2c1O[C@H]1C(=O)CC[C@@]3(O)[C@@H](C)N(CC4CC4)CC[C@]213. The van der Waals surface area contributed by atoms with E-state index in [1.807, 2.05) is 13.0 Å². The third kappa shape index (κ3) is 2.55. The van der Waals surface area contributed by atoms with Crippen LogP contribution in [0.2, 0.25) is 0 Å². The molecule has 0 aromatic heterocycles. The van der Waals surface area contributed by atoms with Crippen LogP contribution in [0.15, 0.2) is 12.1 Å². The average Bonchev–Trinajstić information content (AvgIpc) is 3.41. The molecule has 0 radical (unpaired) electrons. The number of esters is 1. The van der Waals surface area contributed by atoms with E-state index in [1.165, 1.54) is 19.8 Å². The molecule has 2 saturated carbocycles. The molecular formula is C23H29NO5. The highest BCUT2D eigenvalue weighted by molar-refractivity contribution is 5.89. The molecule has 1 aromatic carbocycles. The van der Waals surface area contributed by atoms with Crippen LogP contribution in [0.4, 0.5) is 0 Å². The number of Topliss-reactive ketones (excluding diaryl/α,β-unsaturated/α-hetero) is 1. The molecule has 0 bridgehead atoms. The van der Waals surface area contributed by atoms with Crippen molar-refractivity contribution in [2.45, 2.75) is 76.0 Å². The molecule has 1 aromatic rings. The molecule has 6 nitrogen and oxygen atoms in total. The van der Waals surface area contributed by atoms with Gasteiger partial charge in [0.2, 0.25) is 0 Å². The lowest BCUT2D eigenvalue weighted by molar-refractivity contribution is -0.181. The average molecular weight is 399 g/mol. The second kappa shape index (κ2) is 6.29. The zero-order valence-corrected chi connectivity index (χ0v) is 17.4. The Morgan fingerprint density at radius 2 is 2.10 bits per heavy atom. The molecule has 156 valence electrons. The van der Waals surface area contributed by atoms with Crippen molar-refractivity contribution in [1.82, 2.24) is 4.90 Å². The Morgan fingerprint density at radius 3 is 2.79 bits per heavy atom. The molecule has 0 unspecified atom stereocenters. The molecule has 0 amide bonds. The van der Waals surface area contributed by atoms with Gasteiger partial charge in [-0.05, 0) is 63.6 Å². The minimum absolute atomic E-state index is 0.0295. The summed E-state index contributed by atoms with van der Waals surface area (Å²) in [5.74, 6) is 1.13. The summed E-state index contributed by atoms with van der Waals surface area (Å²) >= 11 is 0. The number of ketones is 1. The second-order valence-corrected chi connectivity index (χ2v) is 9.40. The van der Waals surface area contributed by atoms with Gasteiger partial charge in [-0.1, -0.05) is 6.07 Å². The zero-order chi connectivity index (χ0) is 20.6. The second-order valence-electron chi connectivity index (χ2n) is 9.40. The maximum absolute atomic E-state index is 13.0.